The van der Waals surface area contributed by atoms with E-state index in [0.717, 1.165) is 5.56 Å². The molecule has 9 heteroatoms. The number of piperazine rings is 1. The predicted octanol–water partition coefficient (Wildman–Crippen LogP) is 1.43. The highest BCUT2D eigenvalue weighted by Crippen LogP contribution is 2.26. The van der Waals surface area contributed by atoms with Gasteiger partial charge in [0.15, 0.2) is 0 Å². The number of nitro benzene ring substituents is 1. The minimum absolute atomic E-state index is 0.0438. The molecule has 21 heavy (non-hydrogen) atoms. The van der Waals surface area contributed by atoms with Crippen LogP contribution < -0.4 is 0 Å². The van der Waals surface area contributed by atoms with E-state index in [4.69, 9.17) is 0 Å². The molecule has 0 unspecified atom stereocenters. The quantitative estimate of drug-likeness (QED) is 0.585. The molecular formula is C12H16BrN3O4S. The molecule has 116 valence electrons. The Bertz CT molecular complexity index is 642. The summed E-state index contributed by atoms with van der Waals surface area (Å²) in [6, 6.07) is 5.05. The monoisotopic (exact) mass is 377 g/mol. The lowest BCUT2D eigenvalue weighted by Gasteiger charge is -2.33. The maximum atomic E-state index is 11.4. The highest BCUT2D eigenvalue weighted by molar-refractivity contribution is 9.10. The third-order valence-electron chi connectivity index (χ3n) is 3.41. The number of sulfonamides is 1. The zero-order valence-corrected chi connectivity index (χ0v) is 13.9. The molecule has 1 aliphatic rings. The van der Waals surface area contributed by atoms with E-state index in [1.807, 2.05) is 6.07 Å². The van der Waals surface area contributed by atoms with E-state index in [9.17, 15) is 18.5 Å². The Labute approximate surface area is 131 Å². The van der Waals surface area contributed by atoms with Crippen molar-refractivity contribution in [1.29, 1.82) is 0 Å². The number of nitro groups is 1. The Morgan fingerprint density at radius 1 is 1.29 bits per heavy atom. The molecule has 1 heterocycles. The average Bonchev–Trinajstić information content (AvgIpc) is 2.40. The van der Waals surface area contributed by atoms with Crippen molar-refractivity contribution in [2.75, 3.05) is 32.4 Å². The molecule has 1 saturated heterocycles. The zero-order valence-electron chi connectivity index (χ0n) is 11.5. The summed E-state index contributed by atoms with van der Waals surface area (Å²) in [6.07, 6.45) is 1.21. The fourth-order valence-electron chi connectivity index (χ4n) is 2.27. The lowest BCUT2D eigenvalue weighted by molar-refractivity contribution is -0.385. The number of halogens is 1. The number of nitrogens with zero attached hydrogens (tertiary/aromatic N) is 3. The largest absolute Gasteiger partial charge is 0.296 e. The van der Waals surface area contributed by atoms with Gasteiger partial charge in [0, 0.05) is 38.8 Å². The Morgan fingerprint density at radius 2 is 1.90 bits per heavy atom. The first kappa shape index (κ1) is 16.3. The second-order valence-corrected chi connectivity index (χ2v) is 7.82. The van der Waals surface area contributed by atoms with Gasteiger partial charge in [0.1, 0.15) is 0 Å². The average molecular weight is 378 g/mol. The van der Waals surface area contributed by atoms with Crippen molar-refractivity contribution in [3.05, 3.63) is 38.3 Å². The van der Waals surface area contributed by atoms with E-state index in [0.29, 0.717) is 37.2 Å². The molecule has 0 amide bonds. The van der Waals surface area contributed by atoms with Crippen LogP contribution in [-0.4, -0.2) is 55.0 Å². The standard InChI is InChI=1S/C12H16BrN3O4S/c1-21(19,20)15-6-4-14(5-7-15)9-10-2-3-11(13)12(8-10)16(17)18/h2-3,8H,4-7,9H2,1H3. The second kappa shape index (κ2) is 6.39. The van der Waals surface area contributed by atoms with Crippen LogP contribution in [0.2, 0.25) is 0 Å². The molecule has 1 aromatic rings. The highest BCUT2D eigenvalue weighted by Gasteiger charge is 2.23. The molecule has 0 N–H and O–H groups in total. The summed E-state index contributed by atoms with van der Waals surface area (Å²) < 4.78 is 24.8. The molecule has 0 saturated carbocycles. The first-order valence-corrected chi connectivity index (χ1v) is 9.02. The van der Waals surface area contributed by atoms with Crippen LogP contribution in [0.15, 0.2) is 22.7 Å². The molecule has 2 rings (SSSR count). The van der Waals surface area contributed by atoms with Crippen LogP contribution in [0.3, 0.4) is 0 Å². The molecule has 7 nitrogen and oxygen atoms in total. The lowest BCUT2D eigenvalue weighted by atomic mass is 10.2. The van der Waals surface area contributed by atoms with Crippen molar-refractivity contribution in [3.8, 4) is 0 Å². The van der Waals surface area contributed by atoms with E-state index in [1.54, 1.807) is 12.1 Å². The van der Waals surface area contributed by atoms with Gasteiger partial charge >= 0.3 is 0 Å². The minimum atomic E-state index is -3.13. The third-order valence-corrected chi connectivity index (χ3v) is 5.39. The highest BCUT2D eigenvalue weighted by atomic mass is 79.9. The molecule has 1 fully saturated rings. The second-order valence-electron chi connectivity index (χ2n) is 4.98. The summed E-state index contributed by atoms with van der Waals surface area (Å²) in [4.78, 5) is 12.6. The number of benzene rings is 1. The van der Waals surface area contributed by atoms with Crippen molar-refractivity contribution < 1.29 is 13.3 Å². The van der Waals surface area contributed by atoms with Crippen molar-refractivity contribution in [2.24, 2.45) is 0 Å². The molecule has 0 aromatic heterocycles. The fraction of sp³-hybridized carbons (Fsp3) is 0.500. The van der Waals surface area contributed by atoms with E-state index in [2.05, 4.69) is 20.8 Å². The molecule has 1 aromatic carbocycles. The van der Waals surface area contributed by atoms with Gasteiger partial charge in [-0.05, 0) is 27.6 Å². The Balaban J connectivity index is 2.01. The normalized spacial score (nSPS) is 17.8. The van der Waals surface area contributed by atoms with Crippen LogP contribution in [0, 0.1) is 10.1 Å². The van der Waals surface area contributed by atoms with E-state index in [1.165, 1.54) is 10.6 Å². The zero-order chi connectivity index (χ0) is 15.6. The van der Waals surface area contributed by atoms with Crippen LogP contribution in [0.1, 0.15) is 5.56 Å². The van der Waals surface area contributed by atoms with Gasteiger partial charge < -0.3 is 0 Å². The maximum Gasteiger partial charge on any atom is 0.283 e. The molecule has 1 aliphatic heterocycles. The van der Waals surface area contributed by atoms with Crippen molar-refractivity contribution in [2.45, 2.75) is 6.54 Å². The summed E-state index contributed by atoms with van der Waals surface area (Å²) in [5.74, 6) is 0. The van der Waals surface area contributed by atoms with Gasteiger partial charge in [0.2, 0.25) is 10.0 Å². The molecule has 0 atom stereocenters. The van der Waals surface area contributed by atoms with E-state index >= 15 is 0 Å². The Kier molecular flexibility index (Phi) is 4.97. The van der Waals surface area contributed by atoms with Crippen LogP contribution in [0.4, 0.5) is 5.69 Å². The summed E-state index contributed by atoms with van der Waals surface area (Å²) in [7, 11) is -3.13. The molecule has 0 spiro atoms. The van der Waals surface area contributed by atoms with Crippen molar-refractivity contribution in [1.82, 2.24) is 9.21 Å². The van der Waals surface area contributed by atoms with Gasteiger partial charge in [0.05, 0.1) is 15.7 Å². The summed E-state index contributed by atoms with van der Waals surface area (Å²) in [6.45, 7) is 2.73. The Hall–Kier alpha value is -1.03. The van der Waals surface area contributed by atoms with Crippen LogP contribution in [-0.2, 0) is 16.6 Å². The van der Waals surface area contributed by atoms with Crippen LogP contribution in [0.5, 0.6) is 0 Å². The smallest absolute Gasteiger partial charge is 0.283 e. The van der Waals surface area contributed by atoms with E-state index < -0.39 is 14.9 Å². The maximum absolute atomic E-state index is 11.4. The van der Waals surface area contributed by atoms with Gasteiger partial charge in [-0.1, -0.05) is 6.07 Å². The van der Waals surface area contributed by atoms with Crippen LogP contribution in [0.25, 0.3) is 0 Å². The fourth-order valence-corrected chi connectivity index (χ4v) is 3.49. The number of hydrogen-bond donors (Lipinski definition) is 0. The van der Waals surface area contributed by atoms with Crippen LogP contribution >= 0.6 is 15.9 Å². The first-order valence-electron chi connectivity index (χ1n) is 6.37. The van der Waals surface area contributed by atoms with Gasteiger partial charge in [-0.25, -0.2) is 8.42 Å². The third kappa shape index (κ3) is 4.22. The topological polar surface area (TPSA) is 83.8 Å². The van der Waals surface area contributed by atoms with Gasteiger partial charge in [0.25, 0.3) is 5.69 Å². The molecule has 0 aliphatic carbocycles. The van der Waals surface area contributed by atoms with Gasteiger partial charge in [-0.3, -0.25) is 15.0 Å². The van der Waals surface area contributed by atoms with Crippen molar-refractivity contribution >= 4 is 31.6 Å². The predicted molar refractivity (Wildman–Crippen MR) is 82.5 cm³/mol. The lowest BCUT2D eigenvalue weighted by Crippen LogP contribution is -2.47. The number of hydrogen-bond acceptors (Lipinski definition) is 5. The summed E-state index contributed by atoms with van der Waals surface area (Å²) >= 11 is 3.16. The summed E-state index contributed by atoms with van der Waals surface area (Å²) in [5, 5.41) is 10.9. The molecule has 0 bridgehead atoms. The molecular weight excluding hydrogens is 362 g/mol. The first-order chi connectivity index (χ1) is 9.77. The summed E-state index contributed by atoms with van der Waals surface area (Å²) in [5.41, 5.74) is 0.889. The van der Waals surface area contributed by atoms with Gasteiger partial charge in [-0.15, -0.1) is 0 Å². The SMILES string of the molecule is CS(=O)(=O)N1CCN(Cc2ccc(Br)c([N+](=O)[O-])c2)CC1. The molecule has 0 radical (unpaired) electrons. The van der Waals surface area contributed by atoms with Gasteiger partial charge in [-0.2, -0.15) is 4.31 Å². The minimum Gasteiger partial charge on any atom is -0.296 e. The van der Waals surface area contributed by atoms with Crippen molar-refractivity contribution in [3.63, 3.8) is 0 Å². The van der Waals surface area contributed by atoms with E-state index in [-0.39, 0.29) is 5.69 Å². The Morgan fingerprint density at radius 3 is 2.43 bits per heavy atom. The number of rotatable bonds is 4.